The Morgan fingerprint density at radius 1 is 0.895 bits per heavy atom. The zero-order valence-electron chi connectivity index (χ0n) is 10.1. The van der Waals surface area contributed by atoms with Crippen LogP contribution in [0.25, 0.3) is 0 Å². The summed E-state index contributed by atoms with van der Waals surface area (Å²) in [6.07, 6.45) is 0.780. The van der Waals surface area contributed by atoms with Crippen LogP contribution in [-0.2, 0) is 0 Å². The molecule has 1 fully saturated rings. The topological polar surface area (TPSA) is 17.1 Å². The number of benzene rings is 2. The second-order valence-electron chi connectivity index (χ2n) is 4.87. The third kappa shape index (κ3) is 2.41. The smallest absolute Gasteiger partial charge is 0.166 e. The molecule has 2 atom stereocenters. The molecule has 0 aromatic heterocycles. The van der Waals surface area contributed by atoms with Crippen LogP contribution in [0.2, 0.25) is 0 Å². The number of halogens is 2. The molecule has 0 N–H and O–H groups in total. The predicted molar refractivity (Wildman–Crippen MR) is 68.0 cm³/mol. The Labute approximate surface area is 109 Å². The first-order valence-corrected chi connectivity index (χ1v) is 6.20. The SMILES string of the molecule is O=C(c1ccc(F)cc1)C1CC1c1ccc(F)cc1. The lowest BCUT2D eigenvalue weighted by atomic mass is 10.0. The molecule has 0 radical (unpaired) electrons. The van der Waals surface area contributed by atoms with E-state index in [0.717, 1.165) is 12.0 Å². The summed E-state index contributed by atoms with van der Waals surface area (Å²) in [7, 11) is 0. The maximum Gasteiger partial charge on any atom is 0.166 e. The van der Waals surface area contributed by atoms with Gasteiger partial charge in [-0.2, -0.15) is 0 Å². The van der Waals surface area contributed by atoms with Crippen molar-refractivity contribution in [2.45, 2.75) is 12.3 Å². The molecular formula is C16H12F2O. The molecular weight excluding hydrogens is 246 g/mol. The Balaban J connectivity index is 1.74. The number of hydrogen-bond acceptors (Lipinski definition) is 1. The van der Waals surface area contributed by atoms with Crippen LogP contribution in [0.5, 0.6) is 0 Å². The van der Waals surface area contributed by atoms with Gasteiger partial charge in [0.2, 0.25) is 0 Å². The van der Waals surface area contributed by atoms with Gasteiger partial charge in [-0.25, -0.2) is 8.78 Å². The van der Waals surface area contributed by atoms with Crippen molar-refractivity contribution in [1.82, 2.24) is 0 Å². The fourth-order valence-electron chi connectivity index (χ4n) is 2.39. The molecule has 3 rings (SSSR count). The summed E-state index contributed by atoms with van der Waals surface area (Å²) >= 11 is 0. The monoisotopic (exact) mass is 258 g/mol. The fourth-order valence-corrected chi connectivity index (χ4v) is 2.39. The van der Waals surface area contributed by atoms with E-state index in [-0.39, 0.29) is 29.3 Å². The molecule has 1 aliphatic rings. The van der Waals surface area contributed by atoms with E-state index in [9.17, 15) is 13.6 Å². The van der Waals surface area contributed by atoms with Gasteiger partial charge < -0.3 is 0 Å². The van der Waals surface area contributed by atoms with Crippen molar-refractivity contribution in [2.75, 3.05) is 0 Å². The van der Waals surface area contributed by atoms with Crippen molar-refractivity contribution in [1.29, 1.82) is 0 Å². The first kappa shape index (κ1) is 12.0. The van der Waals surface area contributed by atoms with Crippen molar-refractivity contribution < 1.29 is 13.6 Å². The van der Waals surface area contributed by atoms with Gasteiger partial charge in [-0.15, -0.1) is 0 Å². The minimum Gasteiger partial charge on any atom is -0.294 e. The molecule has 0 spiro atoms. The molecule has 1 aliphatic carbocycles. The number of Topliss-reactive ketones (excluding diaryl/α,β-unsaturated/α-hetero) is 1. The molecule has 19 heavy (non-hydrogen) atoms. The van der Waals surface area contributed by atoms with Gasteiger partial charge in [-0.3, -0.25) is 4.79 Å². The summed E-state index contributed by atoms with van der Waals surface area (Å²) in [5.41, 5.74) is 1.53. The zero-order valence-corrected chi connectivity index (χ0v) is 10.1. The van der Waals surface area contributed by atoms with Crippen LogP contribution in [0.3, 0.4) is 0 Å². The van der Waals surface area contributed by atoms with Gasteiger partial charge in [0.15, 0.2) is 5.78 Å². The maximum atomic E-state index is 12.8. The Morgan fingerprint density at radius 2 is 1.42 bits per heavy atom. The van der Waals surface area contributed by atoms with E-state index >= 15 is 0 Å². The molecule has 1 nitrogen and oxygen atoms in total. The van der Waals surface area contributed by atoms with Gasteiger partial charge in [0.25, 0.3) is 0 Å². The lowest BCUT2D eigenvalue weighted by molar-refractivity contribution is 0.0965. The number of hydrogen-bond donors (Lipinski definition) is 0. The number of carbonyl (C=O) groups is 1. The zero-order chi connectivity index (χ0) is 13.4. The molecule has 2 aromatic carbocycles. The average Bonchev–Trinajstić information content (AvgIpc) is 3.20. The summed E-state index contributed by atoms with van der Waals surface area (Å²) in [5.74, 6) is -0.475. The van der Waals surface area contributed by atoms with Crippen molar-refractivity contribution >= 4 is 5.78 Å². The van der Waals surface area contributed by atoms with Crippen molar-refractivity contribution in [3.8, 4) is 0 Å². The van der Waals surface area contributed by atoms with Crippen LogP contribution >= 0.6 is 0 Å². The molecule has 2 aromatic rings. The lowest BCUT2D eigenvalue weighted by Gasteiger charge is -2.01. The quantitative estimate of drug-likeness (QED) is 0.762. The van der Waals surface area contributed by atoms with Gasteiger partial charge in [0, 0.05) is 11.5 Å². The molecule has 0 saturated heterocycles. The molecule has 3 heteroatoms. The van der Waals surface area contributed by atoms with Crippen LogP contribution in [0, 0.1) is 17.6 Å². The average molecular weight is 258 g/mol. The summed E-state index contributed by atoms with van der Waals surface area (Å²) in [6, 6.07) is 11.9. The van der Waals surface area contributed by atoms with Crippen LogP contribution in [0.4, 0.5) is 8.78 Å². The highest BCUT2D eigenvalue weighted by Crippen LogP contribution is 2.49. The van der Waals surface area contributed by atoms with E-state index in [4.69, 9.17) is 0 Å². The highest BCUT2D eigenvalue weighted by Gasteiger charge is 2.43. The first-order valence-electron chi connectivity index (χ1n) is 6.20. The second kappa shape index (κ2) is 4.57. The Bertz CT molecular complexity index is 602. The second-order valence-corrected chi connectivity index (χ2v) is 4.87. The summed E-state index contributed by atoms with van der Waals surface area (Å²) in [6.45, 7) is 0. The Morgan fingerprint density at radius 3 is 2.00 bits per heavy atom. The third-order valence-electron chi connectivity index (χ3n) is 3.55. The van der Waals surface area contributed by atoms with Crippen LogP contribution in [0.1, 0.15) is 28.3 Å². The number of rotatable bonds is 3. The van der Waals surface area contributed by atoms with Crippen LogP contribution in [0.15, 0.2) is 48.5 Å². The molecule has 2 unspecified atom stereocenters. The summed E-state index contributed by atoms with van der Waals surface area (Å²) < 4.78 is 25.6. The van der Waals surface area contributed by atoms with Gasteiger partial charge in [0.05, 0.1) is 0 Å². The van der Waals surface area contributed by atoms with Crippen molar-refractivity contribution in [3.63, 3.8) is 0 Å². The summed E-state index contributed by atoms with van der Waals surface area (Å²) in [5, 5.41) is 0. The van der Waals surface area contributed by atoms with Gasteiger partial charge in [-0.05, 0) is 54.3 Å². The molecule has 0 aliphatic heterocycles. The van der Waals surface area contributed by atoms with E-state index < -0.39 is 0 Å². The highest BCUT2D eigenvalue weighted by atomic mass is 19.1. The molecule has 0 amide bonds. The van der Waals surface area contributed by atoms with Crippen molar-refractivity contribution in [3.05, 3.63) is 71.3 Å². The Kier molecular flexibility index (Phi) is 2.90. The largest absolute Gasteiger partial charge is 0.294 e. The molecule has 0 heterocycles. The number of ketones is 1. The normalized spacial score (nSPS) is 21.2. The van der Waals surface area contributed by atoms with Gasteiger partial charge in [-0.1, -0.05) is 12.1 Å². The Hall–Kier alpha value is -2.03. The van der Waals surface area contributed by atoms with Crippen LogP contribution in [-0.4, -0.2) is 5.78 Å². The standard InChI is InChI=1S/C16H12F2O/c17-12-5-1-10(2-6-12)14-9-15(14)16(19)11-3-7-13(18)8-4-11/h1-8,14-15H,9H2. The van der Waals surface area contributed by atoms with E-state index in [0.29, 0.717) is 5.56 Å². The van der Waals surface area contributed by atoms with Gasteiger partial charge in [0.1, 0.15) is 11.6 Å². The minimum atomic E-state index is -0.345. The van der Waals surface area contributed by atoms with E-state index in [1.54, 1.807) is 12.1 Å². The lowest BCUT2D eigenvalue weighted by Crippen LogP contribution is -2.03. The van der Waals surface area contributed by atoms with Gasteiger partial charge >= 0.3 is 0 Å². The highest BCUT2D eigenvalue weighted by molar-refractivity contribution is 6.00. The molecule has 0 bridgehead atoms. The minimum absolute atomic E-state index is 0.0364. The van der Waals surface area contributed by atoms with E-state index in [1.807, 2.05) is 0 Å². The molecule has 1 saturated carbocycles. The maximum absolute atomic E-state index is 12.8. The van der Waals surface area contributed by atoms with E-state index in [2.05, 4.69) is 0 Å². The third-order valence-corrected chi connectivity index (χ3v) is 3.55. The first-order chi connectivity index (χ1) is 9.15. The predicted octanol–water partition coefficient (Wildman–Crippen LogP) is 3.95. The summed E-state index contributed by atoms with van der Waals surface area (Å²) in [4.78, 5) is 12.2. The van der Waals surface area contributed by atoms with E-state index in [1.165, 1.54) is 36.4 Å². The van der Waals surface area contributed by atoms with Crippen LogP contribution < -0.4 is 0 Å². The van der Waals surface area contributed by atoms with Crippen molar-refractivity contribution in [2.24, 2.45) is 5.92 Å². The fraction of sp³-hybridized carbons (Fsp3) is 0.188. The number of carbonyl (C=O) groups excluding carboxylic acids is 1. The molecule has 96 valence electrons.